The Morgan fingerprint density at radius 3 is 2.32 bits per heavy atom. The van der Waals surface area contributed by atoms with E-state index in [1.165, 1.54) is 0 Å². The Morgan fingerprint density at radius 2 is 1.71 bits per heavy atom. The Bertz CT molecular complexity index is 836. The number of benzene rings is 1. The molecule has 0 atom stereocenters. The number of aryl methyl sites for hydroxylation is 1. The van der Waals surface area contributed by atoms with Crippen LogP contribution in [0.15, 0.2) is 30.3 Å². The molecule has 0 bridgehead atoms. The lowest BCUT2D eigenvalue weighted by molar-refractivity contribution is -0.123. The number of carbonyl (C=O) groups is 2. The molecule has 0 radical (unpaired) electrons. The third kappa shape index (κ3) is 4.42. The molecule has 0 spiro atoms. The topological polar surface area (TPSA) is 70.5 Å². The normalized spacial score (nSPS) is 15.1. The van der Waals surface area contributed by atoms with Gasteiger partial charge in [0, 0.05) is 32.2 Å². The van der Waals surface area contributed by atoms with E-state index in [9.17, 15) is 9.59 Å². The van der Waals surface area contributed by atoms with Gasteiger partial charge in [0.1, 0.15) is 0 Å². The number of nitrogens with one attached hydrogen (secondary N) is 1. The molecular formula is C21H29N5O2. The van der Waals surface area contributed by atoms with Gasteiger partial charge in [-0.15, -0.1) is 0 Å². The van der Waals surface area contributed by atoms with Crippen molar-refractivity contribution in [2.75, 3.05) is 32.7 Å². The van der Waals surface area contributed by atoms with Gasteiger partial charge in [-0.05, 0) is 39.8 Å². The number of amides is 2. The quantitative estimate of drug-likeness (QED) is 0.854. The van der Waals surface area contributed by atoms with Crippen molar-refractivity contribution in [1.82, 2.24) is 24.9 Å². The van der Waals surface area contributed by atoms with Crippen LogP contribution in [0, 0.1) is 13.8 Å². The molecule has 28 heavy (non-hydrogen) atoms. The van der Waals surface area contributed by atoms with Crippen LogP contribution in [0.5, 0.6) is 0 Å². The van der Waals surface area contributed by atoms with Gasteiger partial charge in [-0.3, -0.25) is 14.5 Å². The summed E-state index contributed by atoms with van der Waals surface area (Å²) < 4.78 is 1.83. The fourth-order valence-electron chi connectivity index (χ4n) is 3.61. The molecule has 0 aliphatic carbocycles. The molecule has 1 aliphatic rings. The average Bonchev–Trinajstić information content (AvgIpc) is 2.96. The Morgan fingerprint density at radius 1 is 1.07 bits per heavy atom. The highest BCUT2D eigenvalue weighted by Crippen LogP contribution is 2.20. The molecule has 7 heteroatoms. The summed E-state index contributed by atoms with van der Waals surface area (Å²) >= 11 is 0. The molecular weight excluding hydrogens is 354 g/mol. The number of hydrogen-bond donors (Lipinski definition) is 1. The molecule has 3 rings (SSSR count). The molecule has 1 aromatic heterocycles. The van der Waals surface area contributed by atoms with Gasteiger partial charge in [-0.2, -0.15) is 5.10 Å². The van der Waals surface area contributed by atoms with Crippen molar-refractivity contribution in [1.29, 1.82) is 0 Å². The maximum atomic E-state index is 13.1. The maximum Gasteiger partial charge on any atom is 0.257 e. The van der Waals surface area contributed by atoms with E-state index in [1.807, 2.05) is 67.6 Å². The molecule has 1 saturated heterocycles. The summed E-state index contributed by atoms with van der Waals surface area (Å²) in [5.41, 5.74) is 3.22. The van der Waals surface area contributed by atoms with Crippen LogP contribution in [0.2, 0.25) is 0 Å². The lowest BCUT2D eigenvalue weighted by atomic mass is 10.1. The lowest BCUT2D eigenvalue weighted by Crippen LogP contribution is -2.51. The van der Waals surface area contributed by atoms with Crippen molar-refractivity contribution < 1.29 is 9.59 Å². The van der Waals surface area contributed by atoms with Gasteiger partial charge >= 0.3 is 0 Å². The number of carbonyl (C=O) groups excluding carboxylic acids is 2. The third-order valence-corrected chi connectivity index (χ3v) is 4.98. The minimum Gasteiger partial charge on any atom is -0.353 e. The summed E-state index contributed by atoms with van der Waals surface area (Å²) in [6.07, 6.45) is 0. The van der Waals surface area contributed by atoms with Crippen LogP contribution in [-0.4, -0.2) is 70.2 Å². The van der Waals surface area contributed by atoms with Crippen molar-refractivity contribution in [2.24, 2.45) is 0 Å². The van der Waals surface area contributed by atoms with E-state index >= 15 is 0 Å². The third-order valence-electron chi connectivity index (χ3n) is 4.98. The van der Waals surface area contributed by atoms with Gasteiger partial charge in [0.05, 0.1) is 29.2 Å². The molecule has 0 unspecified atom stereocenters. The van der Waals surface area contributed by atoms with E-state index < -0.39 is 0 Å². The fourth-order valence-corrected chi connectivity index (χ4v) is 3.61. The van der Waals surface area contributed by atoms with E-state index in [0.29, 0.717) is 38.3 Å². The van der Waals surface area contributed by atoms with Gasteiger partial charge in [0.25, 0.3) is 5.91 Å². The summed E-state index contributed by atoms with van der Waals surface area (Å²) in [6, 6.07) is 9.98. The highest BCUT2D eigenvalue weighted by molar-refractivity contribution is 5.96. The monoisotopic (exact) mass is 383 g/mol. The second-order valence-electron chi connectivity index (χ2n) is 7.58. The molecule has 7 nitrogen and oxygen atoms in total. The smallest absolute Gasteiger partial charge is 0.257 e. The van der Waals surface area contributed by atoms with Crippen LogP contribution in [-0.2, 0) is 4.79 Å². The number of aromatic nitrogens is 2. The van der Waals surface area contributed by atoms with Gasteiger partial charge in [0.2, 0.25) is 5.91 Å². The van der Waals surface area contributed by atoms with Crippen LogP contribution in [0.4, 0.5) is 0 Å². The van der Waals surface area contributed by atoms with Crippen LogP contribution < -0.4 is 5.32 Å². The highest BCUT2D eigenvalue weighted by Gasteiger charge is 2.27. The van der Waals surface area contributed by atoms with Crippen LogP contribution in [0.25, 0.3) is 5.69 Å². The van der Waals surface area contributed by atoms with Crippen molar-refractivity contribution in [2.45, 2.75) is 33.7 Å². The van der Waals surface area contributed by atoms with Gasteiger partial charge in [0.15, 0.2) is 0 Å². The molecule has 1 aliphatic heterocycles. The summed E-state index contributed by atoms with van der Waals surface area (Å²) in [7, 11) is 0. The zero-order valence-corrected chi connectivity index (χ0v) is 17.1. The lowest BCUT2D eigenvalue weighted by Gasteiger charge is -2.34. The Labute approximate surface area is 166 Å². The molecule has 1 aromatic carbocycles. The molecule has 2 aromatic rings. The van der Waals surface area contributed by atoms with Crippen molar-refractivity contribution in [3.05, 3.63) is 47.3 Å². The van der Waals surface area contributed by atoms with Crippen molar-refractivity contribution >= 4 is 11.8 Å². The number of rotatable bonds is 5. The minimum atomic E-state index is 0.0171. The van der Waals surface area contributed by atoms with Crippen LogP contribution >= 0.6 is 0 Å². The first-order valence-corrected chi connectivity index (χ1v) is 9.79. The fraction of sp³-hybridized carbons (Fsp3) is 0.476. The van der Waals surface area contributed by atoms with Gasteiger partial charge in [-0.1, -0.05) is 18.2 Å². The number of nitrogens with zero attached hydrogens (tertiary/aromatic N) is 4. The van der Waals surface area contributed by atoms with E-state index in [1.54, 1.807) is 0 Å². The first-order chi connectivity index (χ1) is 13.4. The zero-order valence-electron chi connectivity index (χ0n) is 17.1. The van der Waals surface area contributed by atoms with E-state index in [-0.39, 0.29) is 17.9 Å². The molecule has 2 amide bonds. The maximum absolute atomic E-state index is 13.1. The molecule has 1 N–H and O–H groups in total. The number of hydrogen-bond acceptors (Lipinski definition) is 4. The first kappa shape index (κ1) is 20.1. The zero-order chi connectivity index (χ0) is 20.3. The molecule has 1 fully saturated rings. The van der Waals surface area contributed by atoms with Gasteiger partial charge < -0.3 is 10.2 Å². The van der Waals surface area contributed by atoms with E-state index in [2.05, 4.69) is 15.3 Å². The highest BCUT2D eigenvalue weighted by atomic mass is 16.2. The van der Waals surface area contributed by atoms with Crippen LogP contribution in [0.3, 0.4) is 0 Å². The first-order valence-electron chi connectivity index (χ1n) is 9.79. The Hall–Kier alpha value is -2.67. The summed E-state index contributed by atoms with van der Waals surface area (Å²) in [4.78, 5) is 29.0. The molecule has 150 valence electrons. The summed E-state index contributed by atoms with van der Waals surface area (Å²) in [6.45, 7) is 10.7. The van der Waals surface area contributed by atoms with Gasteiger partial charge in [-0.25, -0.2) is 4.68 Å². The van der Waals surface area contributed by atoms with E-state index in [4.69, 9.17) is 0 Å². The van der Waals surface area contributed by atoms with Crippen molar-refractivity contribution in [3.8, 4) is 5.69 Å². The molecule has 2 heterocycles. The Kier molecular flexibility index (Phi) is 6.14. The average molecular weight is 383 g/mol. The summed E-state index contributed by atoms with van der Waals surface area (Å²) in [5.74, 6) is 0.0501. The molecule has 0 saturated carbocycles. The minimum absolute atomic E-state index is 0.0171. The second kappa shape index (κ2) is 8.56. The number of para-hydroxylation sites is 1. The number of piperazine rings is 1. The second-order valence-corrected chi connectivity index (χ2v) is 7.58. The summed E-state index contributed by atoms with van der Waals surface area (Å²) in [5, 5.41) is 7.49. The van der Waals surface area contributed by atoms with Crippen LogP contribution in [0.1, 0.15) is 35.6 Å². The van der Waals surface area contributed by atoms with Crippen molar-refractivity contribution in [3.63, 3.8) is 0 Å². The largest absolute Gasteiger partial charge is 0.353 e. The Balaban J connectivity index is 1.66. The predicted octanol–water partition coefficient (Wildman–Crippen LogP) is 1.77. The predicted molar refractivity (Wildman–Crippen MR) is 109 cm³/mol. The van der Waals surface area contributed by atoms with E-state index in [0.717, 1.165) is 17.1 Å². The SMILES string of the molecule is Cc1nn(-c2ccccc2)c(C)c1C(=O)N1CCN(CC(=O)NC(C)C)CC1. The standard InChI is InChI=1S/C21H29N5O2/c1-15(2)22-19(27)14-24-10-12-25(13-11-24)21(28)20-16(3)23-26(17(20)4)18-8-6-5-7-9-18/h5-9,15H,10-14H2,1-4H3,(H,22,27).